The summed E-state index contributed by atoms with van der Waals surface area (Å²) in [5.74, 6) is -1.09. The van der Waals surface area contributed by atoms with E-state index in [9.17, 15) is 14.7 Å². The monoisotopic (exact) mass is 339 g/mol. The summed E-state index contributed by atoms with van der Waals surface area (Å²) in [4.78, 5) is 22.8. The van der Waals surface area contributed by atoms with Gasteiger partial charge in [-0.25, -0.2) is 4.79 Å². The summed E-state index contributed by atoms with van der Waals surface area (Å²) < 4.78 is 4.44. The smallest absolute Gasteiger partial charge is 0.331 e. The lowest BCUT2D eigenvalue weighted by Crippen LogP contribution is -2.19. The van der Waals surface area contributed by atoms with Crippen LogP contribution in [-0.2, 0) is 14.3 Å². The number of ether oxygens (including phenoxy) is 1. The highest BCUT2D eigenvalue weighted by atomic mass is 35.5. The highest BCUT2D eigenvalue weighted by Gasteiger charge is 2.24. The van der Waals surface area contributed by atoms with Crippen molar-refractivity contribution < 1.29 is 19.4 Å². The van der Waals surface area contributed by atoms with E-state index >= 15 is 0 Å². The summed E-state index contributed by atoms with van der Waals surface area (Å²) in [6, 6.07) is 4.49. The maximum atomic E-state index is 11.6. The minimum atomic E-state index is -0.633. The third-order valence-electron chi connectivity index (χ3n) is 2.44. The van der Waals surface area contributed by atoms with Crippen molar-refractivity contribution in [2.75, 3.05) is 7.11 Å². The molecule has 1 aromatic carbocycles. The number of amidine groups is 1. The fourth-order valence-electron chi connectivity index (χ4n) is 1.41. The molecular formula is C13H10ClN3O4S. The number of amides is 1. The number of methoxy groups -OCH3 is 1. The maximum Gasteiger partial charge on any atom is 0.331 e. The fraction of sp³-hybridized carbons (Fsp3) is 0.0769. The van der Waals surface area contributed by atoms with Crippen LogP contribution >= 0.6 is 23.4 Å². The van der Waals surface area contributed by atoms with Gasteiger partial charge in [0.1, 0.15) is 5.75 Å². The van der Waals surface area contributed by atoms with Crippen LogP contribution in [-0.4, -0.2) is 35.5 Å². The standard InChI is InChI=1S/C13H10ClN3O4S/c1-21-11(19)5-10-12(20)16-13(22-10)17-15-6-7-4-8(14)2-3-9(7)18/h2-6,18H,1H3,(H,16,17,20)/b10-5+,15-6?. The van der Waals surface area contributed by atoms with Crippen LogP contribution in [0.1, 0.15) is 5.56 Å². The van der Waals surface area contributed by atoms with Crippen LogP contribution < -0.4 is 5.32 Å². The number of hydrogen-bond donors (Lipinski definition) is 2. The number of esters is 1. The summed E-state index contributed by atoms with van der Waals surface area (Å²) >= 11 is 6.75. The second-order valence-electron chi connectivity index (χ2n) is 3.94. The molecule has 0 atom stereocenters. The Balaban J connectivity index is 2.10. The molecule has 114 valence electrons. The van der Waals surface area contributed by atoms with Crippen LogP contribution in [0, 0.1) is 0 Å². The van der Waals surface area contributed by atoms with E-state index in [-0.39, 0.29) is 15.8 Å². The number of benzene rings is 1. The maximum absolute atomic E-state index is 11.6. The normalized spacial score (nSPS) is 18.2. The third kappa shape index (κ3) is 4.09. The van der Waals surface area contributed by atoms with Gasteiger partial charge in [0, 0.05) is 16.7 Å². The zero-order valence-electron chi connectivity index (χ0n) is 11.2. The summed E-state index contributed by atoms with van der Waals surface area (Å²) in [5.41, 5.74) is 0.386. The summed E-state index contributed by atoms with van der Waals surface area (Å²) in [7, 11) is 1.22. The minimum absolute atomic E-state index is 0.00253. The van der Waals surface area contributed by atoms with Crippen molar-refractivity contribution in [1.29, 1.82) is 0 Å². The molecule has 22 heavy (non-hydrogen) atoms. The first-order valence-electron chi connectivity index (χ1n) is 5.88. The number of phenols is 1. The third-order valence-corrected chi connectivity index (χ3v) is 3.57. The second-order valence-corrected chi connectivity index (χ2v) is 5.41. The van der Waals surface area contributed by atoms with Gasteiger partial charge < -0.3 is 9.84 Å². The molecule has 1 fully saturated rings. The predicted octanol–water partition coefficient (Wildman–Crippen LogP) is 1.66. The number of aromatic hydroxyl groups is 1. The number of hydrogen-bond acceptors (Lipinski definition) is 7. The van der Waals surface area contributed by atoms with E-state index in [1.165, 1.54) is 31.5 Å². The molecule has 0 radical (unpaired) electrons. The van der Waals surface area contributed by atoms with Gasteiger partial charge in [0.25, 0.3) is 5.91 Å². The molecule has 1 aromatic rings. The molecule has 7 nitrogen and oxygen atoms in total. The van der Waals surface area contributed by atoms with Crippen molar-refractivity contribution in [2.24, 2.45) is 10.2 Å². The number of nitrogens with zero attached hydrogens (tertiary/aromatic N) is 2. The number of rotatable bonds is 3. The summed E-state index contributed by atoms with van der Waals surface area (Å²) in [6.45, 7) is 0. The zero-order chi connectivity index (χ0) is 16.1. The highest BCUT2D eigenvalue weighted by Crippen LogP contribution is 2.24. The largest absolute Gasteiger partial charge is 0.507 e. The van der Waals surface area contributed by atoms with E-state index in [0.29, 0.717) is 10.6 Å². The minimum Gasteiger partial charge on any atom is -0.507 e. The van der Waals surface area contributed by atoms with Gasteiger partial charge in [0.05, 0.1) is 18.2 Å². The van der Waals surface area contributed by atoms with E-state index in [1.54, 1.807) is 0 Å². The molecule has 0 aliphatic carbocycles. The van der Waals surface area contributed by atoms with Crippen LogP contribution in [0.4, 0.5) is 0 Å². The molecule has 1 amide bonds. The first-order chi connectivity index (χ1) is 10.5. The Kier molecular flexibility index (Phi) is 5.18. The van der Waals surface area contributed by atoms with Crippen LogP contribution in [0.5, 0.6) is 5.75 Å². The number of carbonyl (C=O) groups excluding carboxylic acids is 2. The van der Waals surface area contributed by atoms with Crippen LogP contribution in [0.3, 0.4) is 0 Å². The predicted molar refractivity (Wildman–Crippen MR) is 84.0 cm³/mol. The van der Waals surface area contributed by atoms with Crippen LogP contribution in [0.2, 0.25) is 5.02 Å². The average Bonchev–Trinajstić information content (AvgIpc) is 2.82. The van der Waals surface area contributed by atoms with Gasteiger partial charge in [-0.3, -0.25) is 10.1 Å². The first-order valence-corrected chi connectivity index (χ1v) is 7.07. The van der Waals surface area contributed by atoms with Crippen LogP contribution in [0.15, 0.2) is 39.4 Å². The fourth-order valence-corrected chi connectivity index (χ4v) is 2.33. The molecule has 2 N–H and O–H groups in total. The molecule has 2 rings (SSSR count). The lowest BCUT2D eigenvalue weighted by Gasteiger charge is -1.97. The van der Waals surface area contributed by atoms with Gasteiger partial charge in [0.15, 0.2) is 5.17 Å². The van der Waals surface area contributed by atoms with E-state index < -0.39 is 11.9 Å². The molecule has 0 saturated carbocycles. The molecule has 1 heterocycles. The Bertz CT molecular complexity index is 715. The Morgan fingerprint density at radius 2 is 2.27 bits per heavy atom. The van der Waals surface area contributed by atoms with E-state index in [1.807, 2.05) is 0 Å². The van der Waals surface area contributed by atoms with E-state index in [4.69, 9.17) is 11.6 Å². The molecule has 0 unspecified atom stereocenters. The number of phenolic OH excluding ortho intramolecular Hbond substituents is 1. The van der Waals surface area contributed by atoms with Gasteiger partial charge >= 0.3 is 5.97 Å². The lowest BCUT2D eigenvalue weighted by molar-refractivity contribution is -0.135. The quantitative estimate of drug-likeness (QED) is 0.377. The molecule has 0 bridgehead atoms. The van der Waals surface area contributed by atoms with Crippen molar-refractivity contribution in [3.05, 3.63) is 39.8 Å². The number of carbonyl (C=O) groups is 2. The Labute approximate surface area is 134 Å². The lowest BCUT2D eigenvalue weighted by atomic mass is 10.2. The molecule has 0 spiro atoms. The first kappa shape index (κ1) is 16.1. The van der Waals surface area contributed by atoms with E-state index in [0.717, 1.165) is 17.8 Å². The summed E-state index contributed by atoms with van der Waals surface area (Å²) in [5, 5.41) is 20.2. The van der Waals surface area contributed by atoms with Crippen molar-refractivity contribution in [3.63, 3.8) is 0 Å². The number of nitrogens with one attached hydrogen (secondary N) is 1. The van der Waals surface area contributed by atoms with Crippen molar-refractivity contribution in [1.82, 2.24) is 5.32 Å². The van der Waals surface area contributed by atoms with Gasteiger partial charge in [0.2, 0.25) is 0 Å². The molecular weight excluding hydrogens is 330 g/mol. The topological polar surface area (TPSA) is 100 Å². The van der Waals surface area contributed by atoms with Crippen molar-refractivity contribution >= 4 is 46.6 Å². The molecule has 0 aromatic heterocycles. The van der Waals surface area contributed by atoms with Crippen LogP contribution in [0.25, 0.3) is 0 Å². The van der Waals surface area contributed by atoms with Gasteiger partial charge in [-0.15, -0.1) is 5.10 Å². The van der Waals surface area contributed by atoms with Crippen molar-refractivity contribution in [3.8, 4) is 5.75 Å². The molecule has 1 aliphatic rings. The Morgan fingerprint density at radius 3 is 3.00 bits per heavy atom. The number of thioether (sulfide) groups is 1. The van der Waals surface area contributed by atoms with Gasteiger partial charge in [-0.05, 0) is 30.0 Å². The SMILES string of the molecule is COC(=O)/C=C1/S/C(=N\N=Cc2cc(Cl)ccc2O)NC1=O. The second kappa shape index (κ2) is 7.10. The van der Waals surface area contributed by atoms with Crippen molar-refractivity contribution in [2.45, 2.75) is 0 Å². The Hall–Kier alpha value is -2.32. The average molecular weight is 340 g/mol. The molecule has 9 heteroatoms. The van der Waals surface area contributed by atoms with Gasteiger partial charge in [-0.1, -0.05) is 11.6 Å². The molecule has 1 saturated heterocycles. The van der Waals surface area contributed by atoms with E-state index in [2.05, 4.69) is 20.3 Å². The molecule has 1 aliphatic heterocycles. The highest BCUT2D eigenvalue weighted by molar-refractivity contribution is 8.18. The summed E-state index contributed by atoms with van der Waals surface area (Å²) in [6.07, 6.45) is 2.36. The Morgan fingerprint density at radius 1 is 1.50 bits per heavy atom. The number of halogens is 1. The van der Waals surface area contributed by atoms with Gasteiger partial charge in [-0.2, -0.15) is 5.10 Å². The zero-order valence-corrected chi connectivity index (χ0v) is 12.8.